The Morgan fingerprint density at radius 1 is 1.17 bits per heavy atom. The van der Waals surface area contributed by atoms with Gasteiger partial charge in [0.15, 0.2) is 0 Å². The molecule has 7 nitrogen and oxygen atoms in total. The van der Waals surface area contributed by atoms with Gasteiger partial charge in [0, 0.05) is 25.8 Å². The summed E-state index contributed by atoms with van der Waals surface area (Å²) in [7, 11) is -2.40. The summed E-state index contributed by atoms with van der Waals surface area (Å²) in [6.45, 7) is 0.971. The van der Waals surface area contributed by atoms with E-state index in [0.717, 1.165) is 0 Å². The summed E-state index contributed by atoms with van der Waals surface area (Å²) in [4.78, 5) is 14.1. The summed E-state index contributed by atoms with van der Waals surface area (Å²) in [6, 6.07) is 10.9. The molecule has 0 radical (unpaired) electrons. The Labute approximate surface area is 179 Å². The molecule has 0 aromatic heterocycles. The molecule has 1 saturated heterocycles. The Morgan fingerprint density at radius 2 is 1.86 bits per heavy atom. The molecule has 0 aliphatic carbocycles. The fraction of sp³-hybridized carbons (Fsp3) is 0.263. The van der Waals surface area contributed by atoms with Crippen LogP contribution in [0.5, 0.6) is 0 Å². The van der Waals surface area contributed by atoms with Crippen molar-refractivity contribution in [2.45, 2.75) is 4.90 Å². The Kier molecular flexibility index (Phi) is 6.46. The van der Waals surface area contributed by atoms with Gasteiger partial charge < -0.3 is 9.64 Å². The highest BCUT2D eigenvalue weighted by atomic mass is 35.5. The second kappa shape index (κ2) is 8.69. The number of morpholine rings is 1. The van der Waals surface area contributed by atoms with Gasteiger partial charge >= 0.3 is 0 Å². The lowest BCUT2D eigenvalue weighted by Gasteiger charge is -2.27. The predicted octanol–water partition coefficient (Wildman–Crippen LogP) is 3.16. The van der Waals surface area contributed by atoms with Gasteiger partial charge in [-0.15, -0.1) is 0 Å². The van der Waals surface area contributed by atoms with Crippen LogP contribution in [0.4, 0.5) is 5.69 Å². The summed E-state index contributed by atoms with van der Waals surface area (Å²) >= 11 is 12.4. The number of benzene rings is 2. The summed E-state index contributed by atoms with van der Waals surface area (Å²) in [5.74, 6) is -0.528. The number of ether oxygens (including phenoxy) is 1. The predicted molar refractivity (Wildman–Crippen MR) is 110 cm³/mol. The highest BCUT2D eigenvalue weighted by molar-refractivity contribution is 7.89. The van der Waals surface area contributed by atoms with Crippen LogP contribution in [0, 0.1) is 11.3 Å². The van der Waals surface area contributed by atoms with Gasteiger partial charge in [-0.3, -0.25) is 4.79 Å². The number of carbonyl (C=O) groups is 1. The molecule has 10 heteroatoms. The van der Waals surface area contributed by atoms with Crippen molar-refractivity contribution in [2.24, 2.45) is 0 Å². The quantitative estimate of drug-likeness (QED) is 0.708. The number of nitriles is 1. The maximum Gasteiger partial charge on any atom is 0.259 e. The van der Waals surface area contributed by atoms with E-state index in [4.69, 9.17) is 33.2 Å². The highest BCUT2D eigenvalue weighted by Gasteiger charge is 2.30. The number of nitrogens with zero attached hydrogens (tertiary/aromatic N) is 3. The summed E-state index contributed by atoms with van der Waals surface area (Å²) < 4.78 is 32.5. The average Bonchev–Trinajstić information content (AvgIpc) is 2.73. The molecule has 1 amide bonds. The molecule has 29 heavy (non-hydrogen) atoms. The first kappa shape index (κ1) is 21.6. The number of amides is 1. The van der Waals surface area contributed by atoms with Crippen molar-refractivity contribution in [1.82, 2.24) is 4.31 Å². The molecule has 0 spiro atoms. The zero-order chi connectivity index (χ0) is 21.2. The van der Waals surface area contributed by atoms with E-state index in [0.29, 0.717) is 11.3 Å². The van der Waals surface area contributed by atoms with Crippen molar-refractivity contribution in [2.75, 3.05) is 38.3 Å². The average molecular weight is 454 g/mol. The van der Waals surface area contributed by atoms with Crippen LogP contribution in [0.3, 0.4) is 0 Å². The van der Waals surface area contributed by atoms with Crippen molar-refractivity contribution >= 4 is 44.8 Å². The van der Waals surface area contributed by atoms with Gasteiger partial charge in [0.05, 0.1) is 40.5 Å². The van der Waals surface area contributed by atoms with E-state index >= 15 is 0 Å². The standard InChI is InChI=1S/C19H17Cl2N3O4S/c1-23(14-4-2-3-13(9-14)12-22)19(25)15-10-18(17(21)11-16(15)20)29(26,27)24-5-7-28-8-6-24/h2-4,9-11H,5-8H2,1H3. The summed E-state index contributed by atoms with van der Waals surface area (Å²) in [5, 5.41) is 9.02. The summed E-state index contributed by atoms with van der Waals surface area (Å²) in [6.07, 6.45) is 0. The monoisotopic (exact) mass is 453 g/mol. The van der Waals surface area contributed by atoms with Crippen LogP contribution < -0.4 is 4.90 Å². The Hall–Kier alpha value is -2.15. The van der Waals surface area contributed by atoms with E-state index in [1.165, 1.54) is 28.4 Å². The molecular formula is C19H17Cl2N3O4S. The Morgan fingerprint density at radius 3 is 2.52 bits per heavy atom. The topological polar surface area (TPSA) is 90.7 Å². The van der Waals surface area contributed by atoms with Gasteiger partial charge in [0.25, 0.3) is 5.91 Å². The van der Waals surface area contributed by atoms with Crippen LogP contribution in [0.2, 0.25) is 10.0 Å². The summed E-state index contributed by atoms with van der Waals surface area (Å²) in [5.41, 5.74) is 0.852. The van der Waals surface area contributed by atoms with E-state index < -0.39 is 15.9 Å². The van der Waals surface area contributed by atoms with Gasteiger partial charge in [-0.25, -0.2) is 8.42 Å². The molecule has 1 heterocycles. The number of hydrogen-bond donors (Lipinski definition) is 0. The number of rotatable bonds is 4. The molecule has 2 aromatic carbocycles. The van der Waals surface area contributed by atoms with Gasteiger partial charge in [-0.05, 0) is 30.3 Å². The first-order chi connectivity index (χ1) is 13.8. The lowest BCUT2D eigenvalue weighted by atomic mass is 10.1. The van der Waals surface area contributed by atoms with E-state index in [1.807, 2.05) is 6.07 Å². The lowest BCUT2D eigenvalue weighted by Crippen LogP contribution is -2.40. The second-order valence-electron chi connectivity index (χ2n) is 6.31. The highest BCUT2D eigenvalue weighted by Crippen LogP contribution is 2.32. The van der Waals surface area contributed by atoms with Crippen LogP contribution in [0.15, 0.2) is 41.3 Å². The maximum atomic E-state index is 13.0. The minimum Gasteiger partial charge on any atom is -0.379 e. The van der Waals surface area contributed by atoms with Gasteiger partial charge in [-0.2, -0.15) is 9.57 Å². The van der Waals surface area contributed by atoms with E-state index in [9.17, 15) is 13.2 Å². The number of sulfonamides is 1. The molecule has 1 aliphatic heterocycles. The smallest absolute Gasteiger partial charge is 0.259 e. The zero-order valence-electron chi connectivity index (χ0n) is 15.4. The molecule has 0 atom stereocenters. The molecule has 2 aromatic rings. The molecule has 1 fully saturated rings. The van der Waals surface area contributed by atoms with Crippen LogP contribution in [-0.4, -0.2) is 52.0 Å². The van der Waals surface area contributed by atoms with E-state index in [2.05, 4.69) is 0 Å². The molecule has 152 valence electrons. The zero-order valence-corrected chi connectivity index (χ0v) is 17.8. The Balaban J connectivity index is 2.00. The van der Waals surface area contributed by atoms with Gasteiger partial charge in [0.2, 0.25) is 10.0 Å². The van der Waals surface area contributed by atoms with Crippen LogP contribution >= 0.6 is 23.2 Å². The SMILES string of the molecule is CN(C(=O)c1cc(S(=O)(=O)N2CCOCC2)c(Cl)cc1Cl)c1cccc(C#N)c1. The minimum absolute atomic E-state index is 0.00670. The number of carbonyl (C=O) groups excluding carboxylic acids is 1. The molecule has 3 rings (SSSR count). The Bertz CT molecular complexity index is 1090. The molecular weight excluding hydrogens is 437 g/mol. The molecule has 0 unspecified atom stereocenters. The first-order valence-electron chi connectivity index (χ1n) is 8.61. The normalized spacial score (nSPS) is 15.0. The van der Waals surface area contributed by atoms with Gasteiger partial charge in [-0.1, -0.05) is 29.3 Å². The van der Waals surface area contributed by atoms with Crippen LogP contribution in [0.1, 0.15) is 15.9 Å². The molecule has 1 aliphatic rings. The van der Waals surface area contributed by atoms with Crippen molar-refractivity contribution in [3.8, 4) is 6.07 Å². The third kappa shape index (κ3) is 4.39. The fourth-order valence-corrected chi connectivity index (χ4v) is 5.14. The number of hydrogen-bond acceptors (Lipinski definition) is 5. The third-order valence-corrected chi connectivity index (χ3v) is 7.18. The van der Waals surface area contributed by atoms with Crippen LogP contribution in [-0.2, 0) is 14.8 Å². The van der Waals surface area contributed by atoms with E-state index in [-0.39, 0.29) is 46.8 Å². The number of halogens is 2. The van der Waals surface area contributed by atoms with Crippen molar-refractivity contribution in [3.63, 3.8) is 0 Å². The lowest BCUT2D eigenvalue weighted by molar-refractivity contribution is 0.0730. The van der Waals surface area contributed by atoms with Crippen molar-refractivity contribution in [3.05, 3.63) is 57.6 Å². The van der Waals surface area contributed by atoms with Gasteiger partial charge in [0.1, 0.15) is 4.90 Å². The second-order valence-corrected chi connectivity index (χ2v) is 9.03. The largest absolute Gasteiger partial charge is 0.379 e. The molecule has 0 N–H and O–H groups in total. The third-order valence-electron chi connectivity index (χ3n) is 4.51. The first-order valence-corrected chi connectivity index (χ1v) is 10.8. The maximum absolute atomic E-state index is 13.0. The molecule has 0 bridgehead atoms. The van der Waals surface area contributed by atoms with E-state index in [1.54, 1.807) is 24.3 Å². The van der Waals surface area contributed by atoms with Crippen molar-refractivity contribution < 1.29 is 17.9 Å². The minimum atomic E-state index is -3.92. The van der Waals surface area contributed by atoms with Crippen molar-refractivity contribution in [1.29, 1.82) is 5.26 Å². The fourth-order valence-electron chi connectivity index (χ4n) is 2.90. The molecule has 0 saturated carbocycles. The number of anilines is 1. The van der Waals surface area contributed by atoms with Crippen LogP contribution in [0.25, 0.3) is 0 Å².